The van der Waals surface area contributed by atoms with Crippen molar-refractivity contribution in [2.45, 2.75) is 45.3 Å². The lowest BCUT2D eigenvalue weighted by Crippen LogP contribution is -2.46. The van der Waals surface area contributed by atoms with Gasteiger partial charge >= 0.3 is 0 Å². The third-order valence-electron chi connectivity index (χ3n) is 3.26. The molecule has 0 atom stereocenters. The van der Waals surface area contributed by atoms with E-state index in [9.17, 15) is 0 Å². The van der Waals surface area contributed by atoms with Gasteiger partial charge in [-0.05, 0) is 26.7 Å². The fourth-order valence-corrected chi connectivity index (χ4v) is 1.98. The van der Waals surface area contributed by atoms with E-state index in [0.29, 0.717) is 0 Å². The summed E-state index contributed by atoms with van der Waals surface area (Å²) in [5.74, 6) is 1.01. The second-order valence-electron chi connectivity index (χ2n) is 4.52. The normalized spacial score (nSPS) is 19.9. The molecule has 0 saturated carbocycles. The summed E-state index contributed by atoms with van der Waals surface area (Å²) >= 11 is 0. The zero-order valence-electron chi connectivity index (χ0n) is 10.1. The Hall–Kier alpha value is -0.940. The van der Waals surface area contributed by atoms with Gasteiger partial charge in [-0.15, -0.1) is 0 Å². The lowest BCUT2D eigenvalue weighted by Gasteiger charge is -2.34. The van der Waals surface area contributed by atoms with Crippen molar-refractivity contribution >= 4 is 0 Å². The number of nitrogens with one attached hydrogen (secondary N) is 1. The van der Waals surface area contributed by atoms with Crippen LogP contribution in [0.5, 0.6) is 0 Å². The molecule has 5 nitrogen and oxygen atoms in total. The van der Waals surface area contributed by atoms with E-state index >= 15 is 0 Å². The van der Waals surface area contributed by atoms with Gasteiger partial charge in [0.2, 0.25) is 0 Å². The minimum atomic E-state index is 0.183. The van der Waals surface area contributed by atoms with Crippen molar-refractivity contribution in [2.75, 3.05) is 13.2 Å². The molecule has 0 radical (unpaired) electrons. The molecule has 1 saturated heterocycles. The van der Waals surface area contributed by atoms with E-state index in [1.165, 1.54) is 0 Å². The molecule has 16 heavy (non-hydrogen) atoms. The first-order chi connectivity index (χ1) is 7.73. The predicted octanol–water partition coefficient (Wildman–Crippen LogP) is 0.957. The minimum Gasteiger partial charge on any atom is -0.381 e. The lowest BCUT2D eigenvalue weighted by molar-refractivity contribution is 0.0442. The predicted molar refractivity (Wildman–Crippen MR) is 61.0 cm³/mol. The van der Waals surface area contributed by atoms with Crippen molar-refractivity contribution in [3.63, 3.8) is 0 Å². The average Bonchev–Trinajstić information content (AvgIpc) is 2.75. The van der Waals surface area contributed by atoms with E-state index in [2.05, 4.69) is 29.2 Å². The van der Waals surface area contributed by atoms with Crippen LogP contribution in [0.15, 0.2) is 6.33 Å². The largest absolute Gasteiger partial charge is 0.381 e. The molecule has 2 heterocycles. The molecule has 2 rings (SSSR count). The van der Waals surface area contributed by atoms with E-state index in [1.807, 2.05) is 4.68 Å². The number of rotatable bonds is 4. The number of aromatic nitrogens is 3. The molecule has 0 bridgehead atoms. The highest BCUT2D eigenvalue weighted by Gasteiger charge is 2.26. The number of hydrogen-bond donors (Lipinski definition) is 1. The Morgan fingerprint density at radius 3 is 2.94 bits per heavy atom. The van der Waals surface area contributed by atoms with Gasteiger partial charge in [0.15, 0.2) is 0 Å². The van der Waals surface area contributed by atoms with Crippen LogP contribution < -0.4 is 5.32 Å². The molecule has 1 N–H and O–H groups in total. The van der Waals surface area contributed by atoms with Gasteiger partial charge in [0.1, 0.15) is 12.2 Å². The van der Waals surface area contributed by atoms with Crippen molar-refractivity contribution in [1.82, 2.24) is 20.1 Å². The van der Waals surface area contributed by atoms with Gasteiger partial charge in [0, 0.05) is 25.3 Å². The van der Waals surface area contributed by atoms with E-state index in [1.54, 1.807) is 6.33 Å². The van der Waals surface area contributed by atoms with E-state index in [4.69, 9.17) is 4.74 Å². The molecule has 90 valence electrons. The van der Waals surface area contributed by atoms with E-state index in [-0.39, 0.29) is 5.54 Å². The Labute approximate surface area is 96.2 Å². The summed E-state index contributed by atoms with van der Waals surface area (Å²) in [6, 6.07) is 0. The second-order valence-corrected chi connectivity index (χ2v) is 4.52. The topological polar surface area (TPSA) is 52.0 Å². The maximum Gasteiger partial charge on any atom is 0.140 e. The van der Waals surface area contributed by atoms with Crippen LogP contribution in [0.25, 0.3) is 0 Å². The Bertz CT molecular complexity index is 330. The molecule has 0 unspecified atom stereocenters. The first-order valence-corrected chi connectivity index (χ1v) is 5.93. The summed E-state index contributed by atoms with van der Waals surface area (Å²) in [7, 11) is 0. The number of aryl methyl sites for hydroxylation is 1. The summed E-state index contributed by atoms with van der Waals surface area (Å²) in [5.41, 5.74) is 0.183. The molecule has 1 fully saturated rings. The smallest absolute Gasteiger partial charge is 0.140 e. The summed E-state index contributed by atoms with van der Waals surface area (Å²) in [6.45, 7) is 7.69. The second kappa shape index (κ2) is 4.93. The fourth-order valence-electron chi connectivity index (χ4n) is 1.98. The molecule has 0 aromatic carbocycles. The van der Waals surface area contributed by atoms with Gasteiger partial charge in [0.25, 0.3) is 0 Å². The van der Waals surface area contributed by atoms with Crippen molar-refractivity contribution < 1.29 is 4.74 Å². The molecule has 0 spiro atoms. The zero-order chi connectivity index (χ0) is 11.4. The zero-order valence-corrected chi connectivity index (χ0v) is 10.1. The van der Waals surface area contributed by atoms with Crippen LogP contribution in [0.1, 0.15) is 32.5 Å². The number of ether oxygens (including phenoxy) is 1. The molecular formula is C11H20N4O. The van der Waals surface area contributed by atoms with Gasteiger partial charge in [-0.3, -0.25) is 0 Å². The van der Waals surface area contributed by atoms with E-state index < -0.39 is 0 Å². The Morgan fingerprint density at radius 1 is 1.50 bits per heavy atom. The van der Waals surface area contributed by atoms with Crippen LogP contribution in [0.3, 0.4) is 0 Å². The van der Waals surface area contributed by atoms with Gasteiger partial charge in [-0.1, -0.05) is 0 Å². The van der Waals surface area contributed by atoms with Crippen LogP contribution in [0.4, 0.5) is 0 Å². The molecular weight excluding hydrogens is 204 g/mol. The summed E-state index contributed by atoms with van der Waals surface area (Å²) in [6.07, 6.45) is 3.74. The van der Waals surface area contributed by atoms with Crippen LogP contribution in [-0.4, -0.2) is 33.5 Å². The first kappa shape index (κ1) is 11.5. The van der Waals surface area contributed by atoms with Crippen LogP contribution in [-0.2, 0) is 17.8 Å². The Balaban J connectivity index is 1.91. The van der Waals surface area contributed by atoms with Crippen LogP contribution >= 0.6 is 0 Å². The summed E-state index contributed by atoms with van der Waals surface area (Å²) < 4.78 is 7.30. The quantitative estimate of drug-likeness (QED) is 0.827. The highest BCUT2D eigenvalue weighted by Crippen LogP contribution is 2.19. The van der Waals surface area contributed by atoms with Gasteiger partial charge in [-0.25, -0.2) is 9.67 Å². The van der Waals surface area contributed by atoms with Crippen molar-refractivity contribution in [3.8, 4) is 0 Å². The standard InChI is InChI=1S/C11H20N4O/c1-3-15-10(12-9-14-15)8-13-11(2)4-6-16-7-5-11/h9,13H,3-8H2,1-2H3. The third-order valence-corrected chi connectivity index (χ3v) is 3.26. The van der Waals surface area contributed by atoms with Gasteiger partial charge in [-0.2, -0.15) is 5.10 Å². The van der Waals surface area contributed by atoms with Crippen molar-refractivity contribution in [1.29, 1.82) is 0 Å². The van der Waals surface area contributed by atoms with Crippen molar-refractivity contribution in [2.24, 2.45) is 0 Å². The Kier molecular flexibility index (Phi) is 3.56. The highest BCUT2D eigenvalue weighted by atomic mass is 16.5. The summed E-state index contributed by atoms with van der Waals surface area (Å²) in [4.78, 5) is 4.26. The Morgan fingerprint density at radius 2 is 2.25 bits per heavy atom. The monoisotopic (exact) mass is 224 g/mol. The van der Waals surface area contributed by atoms with Gasteiger partial charge in [0.05, 0.1) is 6.54 Å². The van der Waals surface area contributed by atoms with Crippen LogP contribution in [0, 0.1) is 0 Å². The summed E-state index contributed by atoms with van der Waals surface area (Å²) in [5, 5.41) is 7.73. The molecule has 0 amide bonds. The molecule has 1 aliphatic rings. The fraction of sp³-hybridized carbons (Fsp3) is 0.818. The molecule has 1 aromatic rings. The molecule has 1 aromatic heterocycles. The minimum absolute atomic E-state index is 0.183. The maximum atomic E-state index is 5.37. The molecule has 0 aliphatic carbocycles. The SMILES string of the molecule is CCn1ncnc1CNC1(C)CCOCC1. The van der Waals surface area contributed by atoms with Crippen LogP contribution in [0.2, 0.25) is 0 Å². The van der Waals surface area contributed by atoms with Crippen molar-refractivity contribution in [3.05, 3.63) is 12.2 Å². The number of nitrogens with zero attached hydrogens (tertiary/aromatic N) is 3. The van der Waals surface area contributed by atoms with E-state index in [0.717, 1.165) is 45.0 Å². The lowest BCUT2D eigenvalue weighted by atomic mass is 9.92. The van der Waals surface area contributed by atoms with Gasteiger partial charge < -0.3 is 10.1 Å². The average molecular weight is 224 g/mol. The number of hydrogen-bond acceptors (Lipinski definition) is 4. The third kappa shape index (κ3) is 2.59. The maximum absolute atomic E-state index is 5.37. The first-order valence-electron chi connectivity index (χ1n) is 5.93. The molecule has 5 heteroatoms. The molecule has 1 aliphatic heterocycles. The highest BCUT2D eigenvalue weighted by molar-refractivity contribution is 4.90.